The maximum atomic E-state index is 12.3. The molecule has 4 rings (SSSR count). The number of carbonyl (C=O) groups is 2. The highest BCUT2D eigenvalue weighted by Gasteiger charge is 2.16. The zero-order valence-corrected chi connectivity index (χ0v) is 23.2. The van der Waals surface area contributed by atoms with Crippen LogP contribution in [0, 0.1) is 0 Å². The molecule has 9 nitrogen and oxygen atoms in total. The number of Topliss-reactive ketones (excluding diaryl/α,β-unsaturated/α-hetero) is 1. The predicted molar refractivity (Wildman–Crippen MR) is 143 cm³/mol. The van der Waals surface area contributed by atoms with E-state index in [1.807, 2.05) is 13.8 Å². The van der Waals surface area contributed by atoms with E-state index in [9.17, 15) is 14.0 Å². The lowest BCUT2D eigenvalue weighted by Crippen LogP contribution is -2.12. The van der Waals surface area contributed by atoms with E-state index in [0.29, 0.717) is 27.3 Å². The van der Waals surface area contributed by atoms with Gasteiger partial charge in [-0.2, -0.15) is 10.2 Å². The number of hydrogen-bond acceptors (Lipinski definition) is 6. The molecule has 35 heavy (non-hydrogen) atoms. The lowest BCUT2D eigenvalue weighted by molar-refractivity contribution is -0.115. The van der Waals surface area contributed by atoms with E-state index in [1.165, 1.54) is 70.0 Å². The Labute approximate surface area is 215 Å². The molecule has 0 aromatic carbocycles. The molecule has 1 amide bonds. The van der Waals surface area contributed by atoms with Crippen molar-refractivity contribution in [1.82, 2.24) is 24.4 Å². The first kappa shape index (κ1) is 32.2. The van der Waals surface area contributed by atoms with Crippen LogP contribution in [0.5, 0.6) is 0 Å². The van der Waals surface area contributed by atoms with E-state index in [0.717, 1.165) is 0 Å². The fourth-order valence-electron chi connectivity index (χ4n) is 2.84. The second kappa shape index (κ2) is 18.5. The minimum Gasteiger partial charge on any atom is -0.384 e. The molecule has 0 atom stereocenters. The van der Waals surface area contributed by atoms with Crippen LogP contribution in [-0.4, -0.2) is 42.7 Å². The van der Waals surface area contributed by atoms with E-state index in [1.54, 1.807) is 30.2 Å². The van der Waals surface area contributed by atoms with Gasteiger partial charge in [0.25, 0.3) is 5.91 Å². The zero-order valence-electron chi connectivity index (χ0n) is 21.6. The maximum absolute atomic E-state index is 12.3. The Morgan fingerprint density at radius 2 is 1.63 bits per heavy atom. The van der Waals surface area contributed by atoms with Crippen LogP contribution in [0.25, 0.3) is 5.65 Å². The van der Waals surface area contributed by atoms with Crippen molar-refractivity contribution in [1.29, 1.82) is 0 Å². The van der Waals surface area contributed by atoms with Crippen molar-refractivity contribution in [2.75, 3.05) is 17.7 Å². The number of nitrogens with one attached hydrogen (secondary N) is 1. The molecule has 1 aliphatic carbocycles. The lowest BCUT2D eigenvalue weighted by atomic mass is 10.0. The number of alkyl halides is 1. The van der Waals surface area contributed by atoms with Gasteiger partial charge in [-0.05, 0) is 42.8 Å². The number of nitrogens with two attached hydrogens (primary N) is 1. The number of fused-ring (bicyclic) bond motifs is 1. The van der Waals surface area contributed by atoms with E-state index >= 15 is 0 Å². The van der Waals surface area contributed by atoms with Crippen molar-refractivity contribution in [2.45, 2.75) is 73.1 Å². The fraction of sp³-hybridized carbons (Fsp3) is 0.542. The van der Waals surface area contributed by atoms with Crippen molar-refractivity contribution < 1.29 is 14.0 Å². The summed E-state index contributed by atoms with van der Waals surface area (Å²) in [6.07, 6.45) is 13.8. The van der Waals surface area contributed by atoms with Gasteiger partial charge in [0, 0.05) is 19.4 Å². The number of nitrogen functional groups attached to an aromatic ring is 1. The van der Waals surface area contributed by atoms with Crippen LogP contribution in [0.4, 0.5) is 15.9 Å². The number of ketones is 1. The van der Waals surface area contributed by atoms with Gasteiger partial charge < -0.3 is 15.8 Å². The third-order valence-corrected chi connectivity index (χ3v) is 4.75. The third-order valence-electron chi connectivity index (χ3n) is 4.17. The molecule has 0 bridgehead atoms. The molecule has 3 aromatic heterocycles. The van der Waals surface area contributed by atoms with Gasteiger partial charge in [-0.1, -0.05) is 52.4 Å². The van der Waals surface area contributed by atoms with Crippen LogP contribution in [0.2, 0.25) is 0 Å². The Bertz CT molecular complexity index is 1000. The molecule has 0 saturated heterocycles. The van der Waals surface area contributed by atoms with Gasteiger partial charge in [0.15, 0.2) is 10.3 Å². The van der Waals surface area contributed by atoms with Crippen LogP contribution in [0.15, 0.2) is 29.3 Å². The largest absolute Gasteiger partial charge is 0.384 e. The smallest absolute Gasteiger partial charge is 0.261 e. The zero-order chi connectivity index (χ0) is 26.8. The summed E-state index contributed by atoms with van der Waals surface area (Å²) in [7, 11) is 1.76. The molecule has 11 heteroatoms. The molecule has 3 heterocycles. The number of amides is 1. The van der Waals surface area contributed by atoms with Crippen molar-refractivity contribution in [3.8, 4) is 0 Å². The summed E-state index contributed by atoms with van der Waals surface area (Å²) in [6, 6.07) is 1.61. The van der Waals surface area contributed by atoms with E-state index < -0.39 is 0 Å². The van der Waals surface area contributed by atoms with Gasteiger partial charge >= 0.3 is 0 Å². The number of anilines is 2. The number of rotatable bonds is 2. The Morgan fingerprint density at radius 1 is 1.14 bits per heavy atom. The first-order valence-corrected chi connectivity index (χ1v) is 12.6. The molecular formula is C24H39BrFN7O2. The van der Waals surface area contributed by atoms with Crippen molar-refractivity contribution in [3.05, 3.63) is 34.8 Å². The van der Waals surface area contributed by atoms with Gasteiger partial charge in [0.1, 0.15) is 17.2 Å². The Balaban J connectivity index is 0.000000633. The average Bonchev–Trinajstić information content (AvgIpc) is 3.38. The predicted octanol–water partition coefficient (Wildman–Crippen LogP) is 6.00. The van der Waals surface area contributed by atoms with Crippen LogP contribution >= 0.6 is 15.9 Å². The van der Waals surface area contributed by atoms with Gasteiger partial charge in [-0.15, -0.1) is 0 Å². The van der Waals surface area contributed by atoms with Crippen LogP contribution < -0.4 is 11.1 Å². The van der Waals surface area contributed by atoms with Gasteiger partial charge in [0.05, 0.1) is 18.6 Å². The highest BCUT2D eigenvalue weighted by molar-refractivity contribution is 9.10. The molecule has 1 aliphatic rings. The number of hydrogen-bond donors (Lipinski definition) is 2. The number of nitrogens with zero attached hydrogens (tertiary/aromatic N) is 5. The first-order valence-electron chi connectivity index (χ1n) is 11.8. The first-order chi connectivity index (χ1) is 16.7. The molecule has 0 unspecified atom stereocenters. The minimum absolute atomic E-state index is 0.167. The van der Waals surface area contributed by atoms with Gasteiger partial charge in [0.2, 0.25) is 0 Å². The van der Waals surface area contributed by atoms with E-state index in [2.05, 4.69) is 36.4 Å². The molecule has 0 spiro atoms. The minimum atomic E-state index is -0.327. The average molecular weight is 557 g/mol. The highest BCUT2D eigenvalue weighted by atomic mass is 79.9. The standard InChI is InChI=1S/C11H10BrN7O.C6H12.C3H6O.C2H5F.C2H6/c1-18-5-7(9(12)17-18)15-11(20)6-4-14-19-3-2-8(13)16-10(6)19;1-2-4-6-5-3-1;1-3(2)4;1-2-3;1-2/h2-5H,1H3,(H2,13,16)(H,15,20);1-6H2;1-2H3;2H2,1H3;1-2H3. The highest BCUT2D eigenvalue weighted by Crippen LogP contribution is 2.21. The summed E-state index contributed by atoms with van der Waals surface area (Å²) in [6.45, 7) is 8.26. The SMILES string of the molecule is C1CCCCC1.CC.CC(C)=O.CCF.Cn1cc(NC(=O)c2cnn3ccc(N)nc23)c(Br)n1. The molecule has 3 aromatic rings. The normalized spacial score (nSPS) is 11.8. The maximum Gasteiger partial charge on any atom is 0.261 e. The fourth-order valence-corrected chi connectivity index (χ4v) is 3.29. The number of carbonyl (C=O) groups excluding carboxylic acids is 2. The van der Waals surface area contributed by atoms with E-state index in [-0.39, 0.29) is 18.4 Å². The Morgan fingerprint density at radius 3 is 2.06 bits per heavy atom. The summed E-state index contributed by atoms with van der Waals surface area (Å²) < 4.78 is 13.9. The van der Waals surface area contributed by atoms with Gasteiger partial charge in [-0.25, -0.2) is 9.50 Å². The molecule has 0 aliphatic heterocycles. The summed E-state index contributed by atoms with van der Waals surface area (Å²) >= 11 is 3.27. The van der Waals surface area contributed by atoms with Crippen LogP contribution in [-0.2, 0) is 11.8 Å². The summed E-state index contributed by atoms with van der Waals surface area (Å²) in [4.78, 5) is 25.8. The molecular weight excluding hydrogens is 517 g/mol. The molecule has 1 fully saturated rings. The van der Waals surface area contributed by atoms with Crippen LogP contribution in [0.1, 0.15) is 83.5 Å². The van der Waals surface area contributed by atoms with Gasteiger partial charge in [-0.3, -0.25) is 13.9 Å². The summed E-state index contributed by atoms with van der Waals surface area (Å²) in [5.74, 6) is 0.168. The summed E-state index contributed by atoms with van der Waals surface area (Å²) in [5, 5.41) is 10.9. The summed E-state index contributed by atoms with van der Waals surface area (Å²) in [5.41, 5.74) is 6.94. The molecule has 196 valence electrons. The topological polar surface area (TPSA) is 120 Å². The quantitative estimate of drug-likeness (QED) is 0.400. The second-order valence-corrected chi connectivity index (χ2v) is 8.19. The number of aryl methyl sites for hydroxylation is 1. The molecule has 1 saturated carbocycles. The molecule has 0 radical (unpaired) electrons. The number of aromatic nitrogens is 5. The Hall–Kier alpha value is -2.82. The lowest BCUT2D eigenvalue weighted by Gasteiger charge is -2.05. The number of halogens is 2. The van der Waals surface area contributed by atoms with Crippen LogP contribution in [0.3, 0.4) is 0 Å². The molecule has 3 N–H and O–H groups in total. The third kappa shape index (κ3) is 13.0. The van der Waals surface area contributed by atoms with Crippen molar-refractivity contribution >= 4 is 44.8 Å². The van der Waals surface area contributed by atoms with Crippen molar-refractivity contribution in [3.63, 3.8) is 0 Å². The van der Waals surface area contributed by atoms with Crippen molar-refractivity contribution in [2.24, 2.45) is 7.05 Å². The Kier molecular flexibility index (Phi) is 17.0. The van der Waals surface area contributed by atoms with E-state index in [4.69, 9.17) is 5.73 Å². The monoisotopic (exact) mass is 555 g/mol. The second-order valence-electron chi connectivity index (χ2n) is 7.44.